The van der Waals surface area contributed by atoms with Gasteiger partial charge in [0.1, 0.15) is 18.8 Å². The predicted octanol–water partition coefficient (Wildman–Crippen LogP) is 2.01. The largest absolute Gasteiger partial charge is 0.463 e. The number of esters is 3. The van der Waals surface area contributed by atoms with Crippen molar-refractivity contribution >= 4 is 34.6 Å². The Kier molecular flexibility index (Phi) is 8.78. The molecule has 0 unspecified atom stereocenters. The number of rotatable bonds is 8. The van der Waals surface area contributed by atoms with Crippen molar-refractivity contribution in [2.75, 3.05) is 6.61 Å². The Balaban J connectivity index is 1.90. The van der Waals surface area contributed by atoms with Crippen molar-refractivity contribution in [3.63, 3.8) is 0 Å². The Hall–Kier alpha value is -3.50. The van der Waals surface area contributed by atoms with Crippen LogP contribution in [0.15, 0.2) is 42.5 Å². The van der Waals surface area contributed by atoms with Gasteiger partial charge in [-0.25, -0.2) is 0 Å². The fourth-order valence-electron chi connectivity index (χ4n) is 3.94. The van der Waals surface area contributed by atoms with E-state index in [1.54, 1.807) is 0 Å². The van der Waals surface area contributed by atoms with Crippen molar-refractivity contribution < 1.29 is 42.9 Å². The van der Waals surface area contributed by atoms with Crippen molar-refractivity contribution in [3.05, 3.63) is 48.0 Å². The summed E-state index contributed by atoms with van der Waals surface area (Å²) in [5.74, 6) is -2.34. The lowest BCUT2D eigenvalue weighted by molar-refractivity contribution is -0.280. The average molecular weight is 488 g/mol. The van der Waals surface area contributed by atoms with Crippen LogP contribution in [0.25, 0.3) is 10.8 Å². The van der Waals surface area contributed by atoms with E-state index < -0.39 is 54.5 Å². The van der Waals surface area contributed by atoms with E-state index in [-0.39, 0.29) is 13.2 Å². The number of nitrogens with one attached hydrogen (secondary N) is 1. The molecular formula is C25H29NO9. The van der Waals surface area contributed by atoms with Crippen LogP contribution in [0.2, 0.25) is 0 Å². The molecule has 3 rings (SSSR count). The molecule has 2 aromatic carbocycles. The molecule has 35 heavy (non-hydrogen) atoms. The number of fused-ring (bicyclic) bond motifs is 1. The summed E-state index contributed by atoms with van der Waals surface area (Å²) < 4.78 is 28.0. The first-order chi connectivity index (χ1) is 16.6. The highest BCUT2D eigenvalue weighted by Crippen LogP contribution is 2.29. The van der Waals surface area contributed by atoms with Crippen LogP contribution in [0.4, 0.5) is 0 Å². The van der Waals surface area contributed by atoms with Crippen LogP contribution in [0, 0.1) is 0 Å². The van der Waals surface area contributed by atoms with E-state index in [2.05, 4.69) is 5.32 Å². The Morgan fingerprint density at radius 3 is 2.14 bits per heavy atom. The highest BCUT2D eigenvalue weighted by Gasteiger charge is 2.51. The van der Waals surface area contributed by atoms with Crippen LogP contribution in [0.5, 0.6) is 0 Å². The lowest BCUT2D eigenvalue weighted by Gasteiger charge is -2.44. The topological polar surface area (TPSA) is 126 Å². The molecule has 5 atom stereocenters. The standard InChI is InChI=1S/C25H29NO9/c1-14(27)26-22-24(34-17(4)30)23(33-16(3)29)21(13-31-15(2)28)35-25(22)32-12-18-9-10-19-7-5-6-8-20(19)11-18/h5-11,21-25H,12-13H2,1-4H3,(H,26,27)/t21-,22-,23+,24-,25-/m0/s1. The SMILES string of the molecule is CC(=O)N[C@@H]1[C@@H](OCc2ccc3ccccc3c2)O[C@@H](COC(C)=O)[C@@H](OC(C)=O)[C@H]1OC(C)=O. The molecule has 0 saturated carbocycles. The summed E-state index contributed by atoms with van der Waals surface area (Å²) in [6.45, 7) is 4.71. The van der Waals surface area contributed by atoms with E-state index in [4.69, 9.17) is 23.7 Å². The molecule has 0 aromatic heterocycles. The molecule has 1 aliphatic heterocycles. The summed E-state index contributed by atoms with van der Waals surface area (Å²) in [6.07, 6.45) is -4.44. The van der Waals surface area contributed by atoms with Crippen molar-refractivity contribution in [1.82, 2.24) is 5.32 Å². The van der Waals surface area contributed by atoms with E-state index in [9.17, 15) is 19.2 Å². The molecule has 2 aromatic rings. The molecule has 1 fully saturated rings. The number of hydrogen-bond acceptors (Lipinski definition) is 9. The van der Waals surface area contributed by atoms with Gasteiger partial charge < -0.3 is 29.0 Å². The first kappa shape index (κ1) is 26.1. The summed E-state index contributed by atoms with van der Waals surface area (Å²) >= 11 is 0. The van der Waals surface area contributed by atoms with Crippen LogP contribution in [0.3, 0.4) is 0 Å². The quantitative estimate of drug-likeness (QED) is 0.439. The first-order valence-electron chi connectivity index (χ1n) is 11.1. The summed E-state index contributed by atoms with van der Waals surface area (Å²) in [5, 5.41) is 4.77. The van der Waals surface area contributed by atoms with Crippen LogP contribution < -0.4 is 5.32 Å². The lowest BCUT2D eigenvalue weighted by atomic mass is 9.96. The number of amides is 1. The predicted molar refractivity (Wildman–Crippen MR) is 123 cm³/mol. The highest BCUT2D eigenvalue weighted by atomic mass is 16.7. The molecular weight excluding hydrogens is 458 g/mol. The second kappa shape index (κ2) is 11.8. The summed E-state index contributed by atoms with van der Waals surface area (Å²) in [4.78, 5) is 47.1. The molecule has 0 radical (unpaired) electrons. The number of ether oxygens (including phenoxy) is 5. The van der Waals surface area contributed by atoms with Gasteiger partial charge in [0.25, 0.3) is 0 Å². The number of hydrogen-bond donors (Lipinski definition) is 1. The summed E-state index contributed by atoms with van der Waals surface area (Å²) in [5.41, 5.74) is 0.844. The van der Waals surface area contributed by atoms with Gasteiger partial charge in [-0.05, 0) is 22.4 Å². The van der Waals surface area contributed by atoms with E-state index in [1.807, 2.05) is 42.5 Å². The zero-order valence-electron chi connectivity index (χ0n) is 20.0. The van der Waals surface area contributed by atoms with E-state index in [0.717, 1.165) is 16.3 Å². The maximum absolute atomic E-state index is 12.0. The summed E-state index contributed by atoms with van der Waals surface area (Å²) in [6, 6.07) is 12.7. The van der Waals surface area contributed by atoms with Crippen molar-refractivity contribution in [2.24, 2.45) is 0 Å². The van der Waals surface area contributed by atoms with Crippen LogP contribution in [-0.2, 0) is 49.5 Å². The normalized spacial score (nSPS) is 23.8. The minimum atomic E-state index is -1.16. The number of benzene rings is 2. The van der Waals surface area contributed by atoms with E-state index >= 15 is 0 Å². The maximum atomic E-state index is 12.0. The minimum Gasteiger partial charge on any atom is -0.463 e. The molecule has 1 aliphatic rings. The monoisotopic (exact) mass is 487 g/mol. The molecule has 0 bridgehead atoms. The van der Waals surface area contributed by atoms with Gasteiger partial charge in [0.2, 0.25) is 5.91 Å². The Bertz CT molecular complexity index is 1090. The number of carbonyl (C=O) groups is 4. The van der Waals surface area contributed by atoms with Crippen molar-refractivity contribution in [2.45, 2.75) is 64.9 Å². The molecule has 10 nitrogen and oxygen atoms in total. The Labute approximate surface area is 202 Å². The van der Waals surface area contributed by atoms with Gasteiger partial charge in [-0.2, -0.15) is 0 Å². The van der Waals surface area contributed by atoms with Crippen LogP contribution in [0.1, 0.15) is 33.3 Å². The molecule has 10 heteroatoms. The molecule has 0 spiro atoms. The van der Waals surface area contributed by atoms with Gasteiger partial charge in [-0.15, -0.1) is 0 Å². The van der Waals surface area contributed by atoms with Gasteiger partial charge in [0, 0.05) is 27.7 Å². The van der Waals surface area contributed by atoms with Gasteiger partial charge in [0.15, 0.2) is 18.5 Å². The second-order valence-electron chi connectivity index (χ2n) is 8.21. The summed E-state index contributed by atoms with van der Waals surface area (Å²) in [7, 11) is 0. The van der Waals surface area contributed by atoms with E-state index in [0.29, 0.717) is 0 Å². The molecule has 0 aliphatic carbocycles. The molecule has 1 N–H and O–H groups in total. The third-order valence-corrected chi connectivity index (χ3v) is 5.30. The lowest BCUT2D eigenvalue weighted by Crippen LogP contribution is -2.66. The smallest absolute Gasteiger partial charge is 0.303 e. The maximum Gasteiger partial charge on any atom is 0.303 e. The fraction of sp³-hybridized carbons (Fsp3) is 0.440. The fourth-order valence-corrected chi connectivity index (χ4v) is 3.94. The third-order valence-electron chi connectivity index (χ3n) is 5.30. The molecule has 1 heterocycles. The molecule has 1 amide bonds. The first-order valence-corrected chi connectivity index (χ1v) is 11.1. The van der Waals surface area contributed by atoms with Crippen LogP contribution in [-0.4, -0.2) is 61.1 Å². The van der Waals surface area contributed by atoms with Gasteiger partial charge in [0.05, 0.1) is 6.61 Å². The zero-order valence-corrected chi connectivity index (χ0v) is 20.0. The van der Waals surface area contributed by atoms with Crippen LogP contribution >= 0.6 is 0 Å². The molecule has 1 saturated heterocycles. The van der Waals surface area contributed by atoms with Gasteiger partial charge >= 0.3 is 17.9 Å². The Morgan fingerprint density at radius 2 is 1.51 bits per heavy atom. The van der Waals surface area contributed by atoms with Gasteiger partial charge in [-0.3, -0.25) is 19.2 Å². The van der Waals surface area contributed by atoms with Crippen molar-refractivity contribution in [1.29, 1.82) is 0 Å². The number of carbonyl (C=O) groups excluding carboxylic acids is 4. The zero-order chi connectivity index (χ0) is 25.5. The van der Waals surface area contributed by atoms with Crippen molar-refractivity contribution in [3.8, 4) is 0 Å². The third kappa shape index (κ3) is 7.24. The van der Waals surface area contributed by atoms with E-state index in [1.165, 1.54) is 27.7 Å². The van der Waals surface area contributed by atoms with Gasteiger partial charge in [-0.1, -0.05) is 36.4 Å². The highest BCUT2D eigenvalue weighted by molar-refractivity contribution is 5.83. The minimum absolute atomic E-state index is 0.108. The second-order valence-corrected chi connectivity index (χ2v) is 8.21. The molecule has 188 valence electrons. The Morgan fingerprint density at radius 1 is 0.857 bits per heavy atom. The average Bonchev–Trinajstić information content (AvgIpc) is 2.78.